The Bertz CT molecular complexity index is 270. The maximum absolute atomic E-state index is 5.42. The van der Waals surface area contributed by atoms with Crippen molar-refractivity contribution in [3.63, 3.8) is 0 Å². The van der Waals surface area contributed by atoms with Crippen LogP contribution in [0.15, 0.2) is 10.8 Å². The first-order chi connectivity index (χ1) is 7.27. The van der Waals surface area contributed by atoms with Gasteiger partial charge in [-0.05, 0) is 18.9 Å². The molecule has 0 aliphatic carbocycles. The van der Waals surface area contributed by atoms with Gasteiger partial charge in [-0.25, -0.2) is 4.98 Å². The number of hydrogen-bond acceptors (Lipinski definition) is 3. The molecule has 0 saturated heterocycles. The first kappa shape index (κ1) is 12.2. The van der Waals surface area contributed by atoms with Crippen molar-refractivity contribution >= 4 is 0 Å². The van der Waals surface area contributed by atoms with E-state index in [2.05, 4.69) is 31.1 Å². The van der Waals surface area contributed by atoms with E-state index in [1.807, 2.05) is 0 Å². The summed E-state index contributed by atoms with van der Waals surface area (Å²) >= 11 is 0. The summed E-state index contributed by atoms with van der Waals surface area (Å²) in [5.41, 5.74) is 1.07. The van der Waals surface area contributed by atoms with E-state index < -0.39 is 0 Å². The molecule has 1 heterocycles. The Hall–Kier alpha value is -0.830. The third kappa shape index (κ3) is 4.04. The van der Waals surface area contributed by atoms with Crippen molar-refractivity contribution in [1.82, 2.24) is 10.3 Å². The van der Waals surface area contributed by atoms with Crippen LogP contribution in [-0.2, 0) is 13.0 Å². The quantitative estimate of drug-likeness (QED) is 0.703. The number of nitrogens with zero attached hydrogens (tertiary/aromatic N) is 1. The molecule has 15 heavy (non-hydrogen) atoms. The molecular formula is C12H22N2O. The second-order valence-corrected chi connectivity index (χ2v) is 4.12. The van der Waals surface area contributed by atoms with Crippen molar-refractivity contribution in [1.29, 1.82) is 0 Å². The topological polar surface area (TPSA) is 38.1 Å². The van der Waals surface area contributed by atoms with Crippen molar-refractivity contribution in [2.75, 3.05) is 6.54 Å². The van der Waals surface area contributed by atoms with E-state index in [0.29, 0.717) is 5.92 Å². The highest BCUT2D eigenvalue weighted by atomic mass is 16.3. The van der Waals surface area contributed by atoms with Gasteiger partial charge in [-0.3, -0.25) is 0 Å². The van der Waals surface area contributed by atoms with Gasteiger partial charge < -0.3 is 9.73 Å². The zero-order valence-electron chi connectivity index (χ0n) is 10.0. The monoisotopic (exact) mass is 210 g/mol. The molecule has 1 unspecified atom stereocenters. The van der Waals surface area contributed by atoms with Gasteiger partial charge in [0.05, 0.1) is 5.69 Å². The Balaban J connectivity index is 2.45. The normalized spacial score (nSPS) is 13.0. The molecule has 0 aliphatic heterocycles. The summed E-state index contributed by atoms with van der Waals surface area (Å²) < 4.78 is 5.42. The molecule has 0 amide bonds. The lowest BCUT2D eigenvalue weighted by molar-refractivity contribution is 0.443. The standard InChI is InChI=1S/C12H22N2O/c1-4-6-13-8-11-12(15-9-14-11)7-10(3)5-2/h9-10,13H,4-8H2,1-3H3. The van der Waals surface area contributed by atoms with Gasteiger partial charge in [0, 0.05) is 13.0 Å². The van der Waals surface area contributed by atoms with E-state index >= 15 is 0 Å². The van der Waals surface area contributed by atoms with E-state index in [1.54, 1.807) is 6.39 Å². The van der Waals surface area contributed by atoms with Crippen LogP contribution in [0.4, 0.5) is 0 Å². The average Bonchev–Trinajstić information content (AvgIpc) is 2.66. The van der Waals surface area contributed by atoms with Crippen LogP contribution in [0, 0.1) is 5.92 Å². The van der Waals surface area contributed by atoms with Crippen LogP contribution >= 0.6 is 0 Å². The minimum atomic E-state index is 0.669. The van der Waals surface area contributed by atoms with Gasteiger partial charge in [0.25, 0.3) is 0 Å². The van der Waals surface area contributed by atoms with Gasteiger partial charge in [-0.2, -0.15) is 0 Å². The third-order valence-corrected chi connectivity index (χ3v) is 2.68. The van der Waals surface area contributed by atoms with E-state index in [0.717, 1.165) is 37.4 Å². The maximum atomic E-state index is 5.42. The summed E-state index contributed by atoms with van der Waals surface area (Å²) in [6, 6.07) is 0. The SMILES string of the molecule is CCCNCc1ncoc1CC(C)CC. The first-order valence-electron chi connectivity index (χ1n) is 5.89. The molecule has 0 spiro atoms. The second kappa shape index (κ2) is 6.62. The van der Waals surface area contributed by atoms with E-state index in [9.17, 15) is 0 Å². The lowest BCUT2D eigenvalue weighted by atomic mass is 10.0. The maximum Gasteiger partial charge on any atom is 0.181 e. The zero-order chi connectivity index (χ0) is 11.1. The molecule has 0 radical (unpaired) electrons. The van der Waals surface area contributed by atoms with Crippen LogP contribution in [0.2, 0.25) is 0 Å². The second-order valence-electron chi connectivity index (χ2n) is 4.12. The van der Waals surface area contributed by atoms with Crippen molar-refractivity contribution < 1.29 is 4.42 Å². The number of nitrogens with one attached hydrogen (secondary N) is 1. The molecule has 1 rings (SSSR count). The molecule has 1 N–H and O–H groups in total. The Morgan fingerprint density at radius 3 is 2.93 bits per heavy atom. The minimum absolute atomic E-state index is 0.669. The summed E-state index contributed by atoms with van der Waals surface area (Å²) in [6.07, 6.45) is 4.89. The predicted molar refractivity (Wildman–Crippen MR) is 61.7 cm³/mol. The van der Waals surface area contributed by atoms with Gasteiger partial charge in [0.2, 0.25) is 0 Å². The van der Waals surface area contributed by atoms with Crippen molar-refractivity contribution in [2.24, 2.45) is 5.92 Å². The Labute approximate surface area is 92.3 Å². The fourth-order valence-electron chi connectivity index (χ4n) is 1.45. The number of aromatic nitrogens is 1. The van der Waals surface area contributed by atoms with E-state index in [-0.39, 0.29) is 0 Å². The molecule has 0 saturated carbocycles. The smallest absolute Gasteiger partial charge is 0.181 e. The molecule has 3 heteroatoms. The highest BCUT2D eigenvalue weighted by Crippen LogP contribution is 2.14. The van der Waals surface area contributed by atoms with Crippen LogP contribution < -0.4 is 5.32 Å². The molecule has 1 aromatic heterocycles. The summed E-state index contributed by atoms with van der Waals surface area (Å²) in [5, 5.41) is 3.35. The van der Waals surface area contributed by atoms with Gasteiger partial charge in [-0.1, -0.05) is 27.2 Å². The van der Waals surface area contributed by atoms with Crippen LogP contribution in [0.25, 0.3) is 0 Å². The molecule has 0 fully saturated rings. The lowest BCUT2D eigenvalue weighted by Gasteiger charge is -2.07. The summed E-state index contributed by atoms with van der Waals surface area (Å²) in [4.78, 5) is 4.25. The molecule has 1 aromatic rings. The van der Waals surface area contributed by atoms with E-state index in [1.165, 1.54) is 6.42 Å². The molecule has 86 valence electrons. The minimum Gasteiger partial charge on any atom is -0.448 e. The average molecular weight is 210 g/mol. The highest BCUT2D eigenvalue weighted by Gasteiger charge is 2.10. The molecule has 0 aromatic carbocycles. The number of oxazole rings is 1. The van der Waals surface area contributed by atoms with Crippen LogP contribution in [0.3, 0.4) is 0 Å². The largest absolute Gasteiger partial charge is 0.448 e. The summed E-state index contributed by atoms with van der Waals surface area (Å²) in [5.74, 6) is 1.72. The molecule has 0 aliphatic rings. The Morgan fingerprint density at radius 2 is 2.27 bits per heavy atom. The van der Waals surface area contributed by atoms with Gasteiger partial charge in [0.1, 0.15) is 5.76 Å². The van der Waals surface area contributed by atoms with E-state index in [4.69, 9.17) is 4.42 Å². The fourth-order valence-corrected chi connectivity index (χ4v) is 1.45. The zero-order valence-corrected chi connectivity index (χ0v) is 10.0. The Kier molecular flexibility index (Phi) is 5.40. The Morgan fingerprint density at radius 1 is 1.47 bits per heavy atom. The first-order valence-corrected chi connectivity index (χ1v) is 5.89. The van der Waals surface area contributed by atoms with Crippen molar-refractivity contribution in [2.45, 2.75) is 46.6 Å². The molecule has 3 nitrogen and oxygen atoms in total. The van der Waals surface area contributed by atoms with Gasteiger partial charge in [-0.15, -0.1) is 0 Å². The lowest BCUT2D eigenvalue weighted by Crippen LogP contribution is -2.15. The van der Waals surface area contributed by atoms with Gasteiger partial charge in [0.15, 0.2) is 6.39 Å². The van der Waals surface area contributed by atoms with Gasteiger partial charge >= 0.3 is 0 Å². The predicted octanol–water partition coefficient (Wildman–Crippen LogP) is 2.76. The fraction of sp³-hybridized carbons (Fsp3) is 0.750. The van der Waals surface area contributed by atoms with Crippen molar-refractivity contribution in [3.05, 3.63) is 17.8 Å². The van der Waals surface area contributed by atoms with Crippen LogP contribution in [-0.4, -0.2) is 11.5 Å². The number of rotatable bonds is 7. The molecule has 0 bridgehead atoms. The highest BCUT2D eigenvalue weighted by molar-refractivity contribution is 5.07. The summed E-state index contributed by atoms with van der Waals surface area (Å²) in [6.45, 7) is 8.48. The molecule has 1 atom stereocenters. The van der Waals surface area contributed by atoms with Crippen molar-refractivity contribution in [3.8, 4) is 0 Å². The number of hydrogen-bond donors (Lipinski definition) is 1. The van der Waals surface area contributed by atoms with Crippen LogP contribution in [0.5, 0.6) is 0 Å². The third-order valence-electron chi connectivity index (χ3n) is 2.68. The molecular weight excluding hydrogens is 188 g/mol. The summed E-state index contributed by atoms with van der Waals surface area (Å²) in [7, 11) is 0. The van der Waals surface area contributed by atoms with Crippen LogP contribution in [0.1, 0.15) is 45.1 Å².